The first-order valence-electron chi connectivity index (χ1n) is 4.28. The zero-order valence-corrected chi connectivity index (χ0v) is 10.9. The first kappa shape index (κ1) is 13.3. The average molecular weight is 254 g/mol. The number of allylic oxidation sites excluding steroid dienone is 1. The molecular weight excluding hydrogens is 239 g/mol. The Balaban J connectivity index is 0.00000144. The molecule has 0 aliphatic carbocycles. The fourth-order valence-electron chi connectivity index (χ4n) is 1.68. The molecule has 1 aliphatic rings. The van der Waals surface area contributed by atoms with Crippen LogP contribution in [0.3, 0.4) is 0 Å². The second-order valence-electron chi connectivity index (χ2n) is 3.47. The van der Waals surface area contributed by atoms with Crippen molar-refractivity contribution in [1.29, 1.82) is 0 Å². The zero-order chi connectivity index (χ0) is 8.97. The molecule has 1 atom stereocenters. The van der Waals surface area contributed by atoms with Gasteiger partial charge in [0.05, 0.1) is 0 Å². The molecule has 1 heterocycles. The molecule has 1 N–H and O–H groups in total. The van der Waals surface area contributed by atoms with Crippen LogP contribution in [0.5, 0.6) is 0 Å². The van der Waals surface area contributed by atoms with Crippen molar-refractivity contribution in [2.75, 3.05) is 20.1 Å². The summed E-state index contributed by atoms with van der Waals surface area (Å²) < 4.78 is 0. The summed E-state index contributed by atoms with van der Waals surface area (Å²) >= 11 is 0. The summed E-state index contributed by atoms with van der Waals surface area (Å²) in [5.41, 5.74) is 7.74. The van der Waals surface area contributed by atoms with Crippen molar-refractivity contribution in [2.45, 2.75) is 12.8 Å². The van der Waals surface area contributed by atoms with Gasteiger partial charge in [0, 0.05) is 39.3 Å². The SMILES string of the molecule is CN1CCC(C/C(C=[N-])=C/[NH-])C1.[Y]. The molecule has 4 heteroatoms. The fourth-order valence-corrected chi connectivity index (χ4v) is 1.68. The molecule has 0 bridgehead atoms. The van der Waals surface area contributed by atoms with E-state index in [-0.39, 0.29) is 32.7 Å². The summed E-state index contributed by atoms with van der Waals surface area (Å²) in [7, 11) is 2.10. The van der Waals surface area contributed by atoms with Gasteiger partial charge in [0.1, 0.15) is 0 Å². The van der Waals surface area contributed by atoms with Gasteiger partial charge in [-0.15, -0.1) is 0 Å². The summed E-state index contributed by atoms with van der Waals surface area (Å²) in [6, 6.07) is 0. The minimum Gasteiger partial charge on any atom is -0.810 e. The van der Waals surface area contributed by atoms with Gasteiger partial charge in [0.15, 0.2) is 0 Å². The van der Waals surface area contributed by atoms with E-state index in [4.69, 9.17) is 11.1 Å². The van der Waals surface area contributed by atoms with Crippen molar-refractivity contribution >= 4 is 6.21 Å². The van der Waals surface area contributed by atoms with Crippen LogP contribution < -0.4 is 0 Å². The maximum absolute atomic E-state index is 8.73. The summed E-state index contributed by atoms with van der Waals surface area (Å²) in [4.78, 5) is 2.28. The van der Waals surface area contributed by atoms with Crippen LogP contribution in [0, 0.1) is 5.92 Å². The van der Waals surface area contributed by atoms with Gasteiger partial charge < -0.3 is 16.0 Å². The molecule has 1 aliphatic heterocycles. The Morgan fingerprint density at radius 2 is 2.38 bits per heavy atom. The smallest absolute Gasteiger partial charge is 0.00102 e. The van der Waals surface area contributed by atoms with Gasteiger partial charge in [-0.05, 0) is 32.4 Å². The van der Waals surface area contributed by atoms with E-state index in [1.54, 1.807) is 0 Å². The molecule has 1 rings (SSSR count). The van der Waals surface area contributed by atoms with Gasteiger partial charge in [-0.25, -0.2) is 0 Å². The number of nitrogens with zero attached hydrogens (tertiary/aromatic N) is 2. The van der Waals surface area contributed by atoms with E-state index >= 15 is 0 Å². The van der Waals surface area contributed by atoms with E-state index in [1.165, 1.54) is 12.6 Å². The maximum atomic E-state index is 8.73. The summed E-state index contributed by atoms with van der Waals surface area (Å²) in [6.07, 6.45) is 4.30. The van der Waals surface area contributed by atoms with Crippen LogP contribution in [0.2, 0.25) is 0 Å². The summed E-state index contributed by atoms with van der Waals surface area (Å²) in [5, 5.41) is 8.73. The van der Waals surface area contributed by atoms with Gasteiger partial charge in [0.25, 0.3) is 0 Å². The Kier molecular flexibility index (Phi) is 6.83. The molecule has 1 unspecified atom stereocenters. The quantitative estimate of drug-likeness (QED) is 0.709. The van der Waals surface area contributed by atoms with Gasteiger partial charge in [0.2, 0.25) is 0 Å². The maximum Gasteiger partial charge on any atom is 0.00102 e. The Hall–Kier alpha value is 0.274. The molecule has 3 nitrogen and oxygen atoms in total. The van der Waals surface area contributed by atoms with Crippen LogP contribution in [0.1, 0.15) is 12.8 Å². The van der Waals surface area contributed by atoms with Crippen molar-refractivity contribution in [3.05, 3.63) is 22.9 Å². The van der Waals surface area contributed by atoms with Crippen molar-refractivity contribution in [1.82, 2.24) is 4.90 Å². The number of nitrogens with one attached hydrogen (secondary N) is 1. The van der Waals surface area contributed by atoms with Crippen molar-refractivity contribution in [3.63, 3.8) is 0 Å². The van der Waals surface area contributed by atoms with Crippen molar-refractivity contribution in [3.8, 4) is 0 Å². The van der Waals surface area contributed by atoms with Gasteiger partial charge in [-0.3, -0.25) is 0 Å². The molecule has 1 fully saturated rings. The number of hydrogen-bond acceptors (Lipinski definition) is 1. The molecule has 13 heavy (non-hydrogen) atoms. The van der Waals surface area contributed by atoms with Crippen LogP contribution in [0.15, 0.2) is 11.8 Å². The summed E-state index contributed by atoms with van der Waals surface area (Å²) in [6.45, 7) is 2.23. The topological polar surface area (TPSA) is 49.3 Å². The van der Waals surface area contributed by atoms with E-state index in [2.05, 4.69) is 11.9 Å². The molecule has 1 radical (unpaired) electrons. The summed E-state index contributed by atoms with van der Waals surface area (Å²) in [5.74, 6) is 0.620. The molecule has 0 saturated carbocycles. The predicted octanol–water partition coefficient (Wildman–Crippen LogP) is 1.90. The normalized spacial score (nSPS) is 24.1. The molecule has 71 valence electrons. The van der Waals surface area contributed by atoms with E-state index in [0.717, 1.165) is 31.3 Å². The van der Waals surface area contributed by atoms with E-state index < -0.39 is 0 Å². The Morgan fingerprint density at radius 1 is 1.69 bits per heavy atom. The minimum absolute atomic E-state index is 0. The first-order valence-corrected chi connectivity index (χ1v) is 4.28. The van der Waals surface area contributed by atoms with Crippen molar-refractivity contribution in [2.24, 2.45) is 5.92 Å². The monoisotopic (exact) mass is 254 g/mol. The third-order valence-corrected chi connectivity index (χ3v) is 2.36. The Morgan fingerprint density at radius 3 is 2.77 bits per heavy atom. The second-order valence-corrected chi connectivity index (χ2v) is 3.47. The standard InChI is InChI=1S/C9H15N3.Y/c1-12-3-2-8(7-12)4-9(5-10)6-11;/h5-6,8,10H,2-4,7H2,1H3;/q-2;/b9-5-;. The van der Waals surface area contributed by atoms with Crippen LogP contribution in [0.25, 0.3) is 11.1 Å². The van der Waals surface area contributed by atoms with Crippen LogP contribution in [-0.2, 0) is 32.7 Å². The number of likely N-dealkylation sites (tertiary alicyclic amines) is 1. The van der Waals surface area contributed by atoms with Crippen LogP contribution >= 0.6 is 0 Å². The molecule has 0 aromatic heterocycles. The van der Waals surface area contributed by atoms with Crippen LogP contribution in [-0.4, -0.2) is 31.3 Å². The van der Waals surface area contributed by atoms with Crippen molar-refractivity contribution < 1.29 is 32.7 Å². The van der Waals surface area contributed by atoms with E-state index in [9.17, 15) is 0 Å². The Labute approximate surface area is 105 Å². The number of hydrogen-bond donors (Lipinski definition) is 0. The molecule has 1 saturated heterocycles. The molecule has 0 spiro atoms. The average Bonchev–Trinajstić information content (AvgIpc) is 2.47. The van der Waals surface area contributed by atoms with Gasteiger partial charge in [-0.2, -0.15) is 12.4 Å². The minimum atomic E-state index is 0. The zero-order valence-electron chi connectivity index (χ0n) is 8.03. The Bertz CT molecular complexity index is 191. The molecular formula is C9H15N3Y-2. The van der Waals surface area contributed by atoms with E-state index in [1.807, 2.05) is 0 Å². The predicted molar refractivity (Wildman–Crippen MR) is 52.0 cm³/mol. The second kappa shape index (κ2) is 6.69. The fraction of sp³-hybridized carbons (Fsp3) is 0.667. The largest absolute Gasteiger partial charge is 0.810 e. The third-order valence-electron chi connectivity index (χ3n) is 2.36. The van der Waals surface area contributed by atoms with Gasteiger partial charge >= 0.3 is 0 Å². The molecule has 0 amide bonds. The van der Waals surface area contributed by atoms with E-state index in [0.29, 0.717) is 5.92 Å². The first-order chi connectivity index (χ1) is 5.76. The van der Waals surface area contributed by atoms with Gasteiger partial charge in [-0.1, -0.05) is 5.57 Å². The third kappa shape index (κ3) is 4.34. The number of rotatable bonds is 3. The van der Waals surface area contributed by atoms with Crippen LogP contribution in [0.4, 0.5) is 0 Å². The molecule has 0 aromatic rings. The molecule has 0 aromatic carbocycles.